The third kappa shape index (κ3) is 4.02. The van der Waals surface area contributed by atoms with Gasteiger partial charge in [-0.1, -0.05) is 23.2 Å². The molecule has 2 N–H and O–H groups in total. The zero-order chi connectivity index (χ0) is 13.2. The van der Waals surface area contributed by atoms with Gasteiger partial charge in [-0.15, -0.1) is 11.3 Å². The zero-order valence-corrected chi connectivity index (χ0v) is 10.3. The minimum absolute atomic E-state index is 0.0176. The van der Waals surface area contributed by atoms with E-state index in [4.69, 9.17) is 28.3 Å². The highest BCUT2D eigenvalue weighted by Gasteiger charge is 2.38. The van der Waals surface area contributed by atoms with Gasteiger partial charge in [-0.25, -0.2) is 0 Å². The lowest BCUT2D eigenvalue weighted by Crippen LogP contribution is -2.40. The molecule has 0 aliphatic heterocycles. The monoisotopic (exact) mass is 307 g/mol. The van der Waals surface area contributed by atoms with Crippen molar-refractivity contribution in [3.8, 4) is 0 Å². The Bertz CT molecular complexity index is 421. The fraction of sp³-hybridized carbons (Fsp3) is 0.375. The van der Waals surface area contributed by atoms with E-state index in [2.05, 4.69) is 0 Å². The van der Waals surface area contributed by atoms with Gasteiger partial charge in [-0.05, 0) is 6.07 Å². The van der Waals surface area contributed by atoms with Crippen molar-refractivity contribution in [2.24, 2.45) is 0 Å². The van der Waals surface area contributed by atoms with E-state index in [1.807, 2.05) is 5.32 Å². The van der Waals surface area contributed by atoms with Gasteiger partial charge < -0.3 is 10.4 Å². The summed E-state index contributed by atoms with van der Waals surface area (Å²) in [6.07, 6.45) is -7.39. The van der Waals surface area contributed by atoms with Crippen molar-refractivity contribution < 1.29 is 23.1 Å². The topological polar surface area (TPSA) is 49.3 Å². The average Bonchev–Trinajstić information content (AvgIpc) is 2.52. The zero-order valence-electron chi connectivity index (χ0n) is 8.02. The Hall–Kier alpha value is -0.500. The molecule has 1 unspecified atom stereocenters. The highest BCUT2D eigenvalue weighted by Crippen LogP contribution is 2.31. The lowest BCUT2D eigenvalue weighted by molar-refractivity contribution is -0.201. The largest absolute Gasteiger partial charge is 0.416 e. The molecule has 1 aromatic heterocycles. The van der Waals surface area contributed by atoms with Crippen molar-refractivity contribution in [1.82, 2.24) is 5.32 Å². The average molecular weight is 308 g/mol. The fourth-order valence-electron chi connectivity index (χ4n) is 0.895. The quantitative estimate of drug-likeness (QED) is 0.902. The molecule has 0 aromatic carbocycles. The van der Waals surface area contributed by atoms with E-state index in [0.29, 0.717) is 0 Å². The molecule has 9 heteroatoms. The molecular formula is C8H6Cl2F3NO2S. The molecule has 1 atom stereocenters. The number of hydrogen-bond acceptors (Lipinski definition) is 3. The second-order valence-corrected chi connectivity index (χ2v) is 5.29. The first-order chi connectivity index (χ1) is 7.71. The molecule has 0 saturated heterocycles. The first-order valence-corrected chi connectivity index (χ1v) is 5.77. The Balaban J connectivity index is 2.60. The molecule has 17 heavy (non-hydrogen) atoms. The van der Waals surface area contributed by atoms with Crippen LogP contribution in [-0.2, 0) is 0 Å². The van der Waals surface area contributed by atoms with Gasteiger partial charge in [0.05, 0.1) is 16.4 Å². The number of aliphatic hydroxyl groups is 1. The summed E-state index contributed by atoms with van der Waals surface area (Å²) < 4.78 is 36.1. The number of rotatable bonds is 3. The van der Waals surface area contributed by atoms with Crippen LogP contribution in [0, 0.1) is 0 Å². The molecule has 0 aliphatic rings. The SMILES string of the molecule is O=C(NCC(O)C(F)(F)F)c1cc(Cl)sc1Cl. The van der Waals surface area contributed by atoms with Gasteiger partial charge in [-0.2, -0.15) is 13.2 Å². The van der Waals surface area contributed by atoms with Crippen molar-refractivity contribution in [3.63, 3.8) is 0 Å². The standard InChI is InChI=1S/C8H6Cl2F3NO2S/c9-5-1-3(6(10)17-5)7(16)14-2-4(15)8(11,12)13/h1,4,15H,2H2,(H,14,16). The summed E-state index contributed by atoms with van der Waals surface area (Å²) in [7, 11) is 0. The van der Waals surface area contributed by atoms with Gasteiger partial charge in [0.1, 0.15) is 4.34 Å². The van der Waals surface area contributed by atoms with Crippen LogP contribution in [0.3, 0.4) is 0 Å². The lowest BCUT2D eigenvalue weighted by Gasteiger charge is -2.14. The molecule has 0 bridgehead atoms. The van der Waals surface area contributed by atoms with Gasteiger partial charge in [0, 0.05) is 0 Å². The van der Waals surface area contributed by atoms with Gasteiger partial charge in [0.15, 0.2) is 6.10 Å². The van der Waals surface area contributed by atoms with Gasteiger partial charge >= 0.3 is 6.18 Å². The number of thiophene rings is 1. The van der Waals surface area contributed by atoms with E-state index in [9.17, 15) is 18.0 Å². The summed E-state index contributed by atoms with van der Waals surface area (Å²) in [6.45, 7) is -0.938. The second kappa shape index (κ2) is 5.43. The smallest absolute Gasteiger partial charge is 0.382 e. The minimum atomic E-state index is -4.77. The number of nitrogens with one attached hydrogen (secondary N) is 1. The van der Waals surface area contributed by atoms with Crippen LogP contribution >= 0.6 is 34.5 Å². The molecule has 3 nitrogen and oxygen atoms in total. The van der Waals surface area contributed by atoms with Crippen molar-refractivity contribution in [1.29, 1.82) is 0 Å². The molecule has 0 saturated carbocycles. The van der Waals surface area contributed by atoms with Crippen LogP contribution in [0.1, 0.15) is 10.4 Å². The van der Waals surface area contributed by atoms with E-state index < -0.39 is 24.7 Å². The Kier molecular flexibility index (Phi) is 4.65. The van der Waals surface area contributed by atoms with Gasteiger partial charge in [0.25, 0.3) is 5.91 Å². The van der Waals surface area contributed by atoms with Crippen molar-refractivity contribution >= 4 is 40.4 Å². The number of alkyl halides is 3. The molecule has 1 aromatic rings. The van der Waals surface area contributed by atoms with Crippen molar-refractivity contribution in [3.05, 3.63) is 20.3 Å². The minimum Gasteiger partial charge on any atom is -0.382 e. The van der Waals surface area contributed by atoms with E-state index >= 15 is 0 Å². The second-order valence-electron chi connectivity index (χ2n) is 3.01. The molecule has 1 amide bonds. The van der Waals surface area contributed by atoms with Crippen molar-refractivity contribution in [2.75, 3.05) is 6.54 Å². The van der Waals surface area contributed by atoms with Crippen LogP contribution in [0.15, 0.2) is 6.07 Å². The van der Waals surface area contributed by atoms with Crippen LogP contribution < -0.4 is 5.32 Å². The van der Waals surface area contributed by atoms with Crippen LogP contribution in [0.5, 0.6) is 0 Å². The van der Waals surface area contributed by atoms with Crippen LogP contribution in [-0.4, -0.2) is 29.8 Å². The van der Waals surface area contributed by atoms with E-state index in [-0.39, 0.29) is 14.2 Å². The molecule has 96 valence electrons. The third-order valence-electron chi connectivity index (χ3n) is 1.74. The first-order valence-electron chi connectivity index (χ1n) is 4.19. The number of amides is 1. The Morgan fingerprint density at radius 3 is 2.53 bits per heavy atom. The molecule has 0 radical (unpaired) electrons. The maximum Gasteiger partial charge on any atom is 0.416 e. The Morgan fingerprint density at radius 1 is 1.53 bits per heavy atom. The molecular weight excluding hydrogens is 302 g/mol. The molecule has 1 heterocycles. The maximum absolute atomic E-state index is 11.9. The third-order valence-corrected chi connectivity index (χ3v) is 3.22. The van der Waals surface area contributed by atoms with Crippen LogP contribution in [0.2, 0.25) is 8.67 Å². The highest BCUT2D eigenvalue weighted by atomic mass is 35.5. The van der Waals surface area contributed by atoms with Gasteiger partial charge in [0.2, 0.25) is 0 Å². The summed E-state index contributed by atoms with van der Waals surface area (Å²) >= 11 is 12.1. The molecule has 0 aliphatic carbocycles. The first kappa shape index (κ1) is 14.6. The highest BCUT2D eigenvalue weighted by molar-refractivity contribution is 7.20. The number of halogens is 5. The van der Waals surface area contributed by atoms with E-state index in [1.165, 1.54) is 6.07 Å². The van der Waals surface area contributed by atoms with Crippen LogP contribution in [0.4, 0.5) is 13.2 Å². The summed E-state index contributed by atoms with van der Waals surface area (Å²) in [4.78, 5) is 11.4. The number of carbonyl (C=O) groups is 1. The Morgan fingerprint density at radius 2 is 2.12 bits per heavy atom. The normalized spacial score (nSPS) is 13.5. The van der Waals surface area contributed by atoms with E-state index in [1.54, 1.807) is 0 Å². The molecule has 0 fully saturated rings. The summed E-state index contributed by atoms with van der Waals surface area (Å²) in [5.41, 5.74) is -0.0176. The molecule has 1 rings (SSSR count). The maximum atomic E-state index is 11.9. The number of hydrogen-bond donors (Lipinski definition) is 2. The fourth-order valence-corrected chi connectivity index (χ4v) is 2.35. The van der Waals surface area contributed by atoms with Crippen molar-refractivity contribution in [2.45, 2.75) is 12.3 Å². The predicted octanol–water partition coefficient (Wildman–Crippen LogP) is 2.71. The van der Waals surface area contributed by atoms with Crippen LogP contribution in [0.25, 0.3) is 0 Å². The van der Waals surface area contributed by atoms with Gasteiger partial charge in [-0.3, -0.25) is 4.79 Å². The number of aliphatic hydroxyl groups excluding tert-OH is 1. The van der Waals surface area contributed by atoms with E-state index in [0.717, 1.165) is 11.3 Å². The lowest BCUT2D eigenvalue weighted by atomic mass is 10.3. The Labute approximate surface area is 108 Å². The predicted molar refractivity (Wildman–Crippen MR) is 58.7 cm³/mol. The summed E-state index contributed by atoms with van der Waals surface area (Å²) in [5.74, 6) is -0.818. The molecule has 0 spiro atoms. The number of carbonyl (C=O) groups excluding carboxylic acids is 1. The summed E-state index contributed by atoms with van der Waals surface area (Å²) in [6, 6.07) is 1.24. The summed E-state index contributed by atoms with van der Waals surface area (Å²) in [5, 5.41) is 10.6.